The predicted octanol–water partition coefficient (Wildman–Crippen LogP) is 5.38. The van der Waals surface area contributed by atoms with E-state index in [2.05, 4.69) is 51.5 Å². The summed E-state index contributed by atoms with van der Waals surface area (Å²) in [5.74, 6) is 1.14. The van der Waals surface area contributed by atoms with E-state index in [4.69, 9.17) is 16.3 Å². The minimum Gasteiger partial charge on any atom is -0.478 e. The molecule has 1 amide bonds. The van der Waals surface area contributed by atoms with Crippen molar-refractivity contribution < 1.29 is 9.53 Å². The van der Waals surface area contributed by atoms with E-state index in [0.29, 0.717) is 39.1 Å². The van der Waals surface area contributed by atoms with E-state index in [1.54, 1.807) is 59.7 Å². The lowest BCUT2D eigenvalue weighted by molar-refractivity contribution is -0.128. The van der Waals surface area contributed by atoms with Crippen LogP contribution in [0.5, 0.6) is 5.75 Å². The Morgan fingerprint density at radius 1 is 0.973 bits per heavy atom. The van der Waals surface area contributed by atoms with Crippen molar-refractivity contribution in [1.82, 2.24) is 29.5 Å². The third-order valence-electron chi connectivity index (χ3n) is 6.09. The molecule has 3 heterocycles. The van der Waals surface area contributed by atoms with Gasteiger partial charge in [0.2, 0.25) is 0 Å². The topological polar surface area (TPSA) is 99.7 Å². The Bertz CT molecular complexity index is 1620. The number of aromatic nitrogens is 6. The highest BCUT2D eigenvalue weighted by Crippen LogP contribution is 2.26. The number of amides is 1. The minimum atomic E-state index is -1.17. The smallest absolute Gasteiger partial charge is 0.269 e. The number of ether oxygens (including phenoxy) is 1. The molecule has 5 aromatic rings. The van der Waals surface area contributed by atoms with E-state index < -0.39 is 5.60 Å². The summed E-state index contributed by atoms with van der Waals surface area (Å²) in [6.07, 6.45) is 3.17. The van der Waals surface area contributed by atoms with Gasteiger partial charge >= 0.3 is 0 Å². The van der Waals surface area contributed by atoms with Crippen molar-refractivity contribution in [3.63, 3.8) is 0 Å². The Hall–Kier alpha value is -4.24. The summed E-state index contributed by atoms with van der Waals surface area (Å²) in [7, 11) is 0. The fourth-order valence-electron chi connectivity index (χ4n) is 3.91. The Morgan fingerprint density at radius 3 is 2.46 bits per heavy atom. The normalized spacial score (nSPS) is 11.6. The average Bonchev–Trinajstić information content (AvgIpc) is 3.45. The Morgan fingerprint density at radius 2 is 1.73 bits per heavy atom. The summed E-state index contributed by atoms with van der Waals surface area (Å²) >= 11 is 5.96. The molecule has 9 nitrogen and oxygen atoms in total. The quantitative estimate of drug-likeness (QED) is 0.326. The van der Waals surface area contributed by atoms with Crippen LogP contribution in [0.2, 0.25) is 5.02 Å². The van der Waals surface area contributed by atoms with Gasteiger partial charge in [-0.15, -0.1) is 0 Å². The summed E-state index contributed by atoms with van der Waals surface area (Å²) in [5, 5.41) is 13.4. The molecule has 0 saturated heterocycles. The molecule has 0 aliphatic rings. The van der Waals surface area contributed by atoms with E-state index in [1.807, 2.05) is 13.0 Å². The van der Waals surface area contributed by atoms with Gasteiger partial charge in [0, 0.05) is 11.1 Å². The number of benzene rings is 2. The molecule has 2 aromatic carbocycles. The first kappa shape index (κ1) is 24.5. The molecule has 188 valence electrons. The molecule has 0 aliphatic heterocycles. The molecule has 5 rings (SSSR count). The zero-order valence-electron chi connectivity index (χ0n) is 21.2. The fourth-order valence-corrected chi connectivity index (χ4v) is 4.03. The number of carbonyl (C=O) groups excluding carboxylic acids is 1. The van der Waals surface area contributed by atoms with Gasteiger partial charge in [-0.1, -0.05) is 17.7 Å². The third-order valence-corrected chi connectivity index (χ3v) is 6.34. The van der Waals surface area contributed by atoms with Crippen LogP contribution in [-0.4, -0.2) is 41.0 Å². The van der Waals surface area contributed by atoms with Crippen molar-refractivity contribution in [1.29, 1.82) is 0 Å². The lowest BCUT2D eigenvalue weighted by Gasteiger charge is -2.25. The van der Waals surface area contributed by atoms with Gasteiger partial charge in [0.15, 0.2) is 17.1 Å². The number of hydrogen-bond donors (Lipinski definition) is 1. The Kier molecular flexibility index (Phi) is 6.16. The molecular formula is C27H26ClN7O2. The second-order valence-electron chi connectivity index (χ2n) is 9.36. The van der Waals surface area contributed by atoms with E-state index in [1.165, 1.54) is 11.9 Å². The van der Waals surface area contributed by atoms with Gasteiger partial charge in [-0.2, -0.15) is 14.9 Å². The van der Waals surface area contributed by atoms with Crippen LogP contribution in [-0.2, 0) is 4.79 Å². The second kappa shape index (κ2) is 9.33. The number of hydrogen-bond acceptors (Lipinski definition) is 6. The summed E-state index contributed by atoms with van der Waals surface area (Å²) in [6, 6.07) is 14.8. The molecule has 10 heteroatoms. The summed E-state index contributed by atoms with van der Waals surface area (Å²) in [4.78, 5) is 22.2. The molecule has 0 radical (unpaired) electrons. The molecule has 0 aliphatic carbocycles. The van der Waals surface area contributed by atoms with E-state index in [9.17, 15) is 4.79 Å². The van der Waals surface area contributed by atoms with Gasteiger partial charge in [0.25, 0.3) is 5.91 Å². The molecule has 0 atom stereocenters. The molecule has 0 saturated carbocycles. The lowest BCUT2D eigenvalue weighted by Crippen LogP contribution is -2.42. The van der Waals surface area contributed by atoms with Gasteiger partial charge in [0.1, 0.15) is 17.9 Å². The maximum atomic E-state index is 13.3. The summed E-state index contributed by atoms with van der Waals surface area (Å²) in [6.45, 7) is 9.36. The molecule has 0 bridgehead atoms. The molecule has 3 aromatic heterocycles. The van der Waals surface area contributed by atoms with Gasteiger partial charge < -0.3 is 10.1 Å². The predicted molar refractivity (Wildman–Crippen MR) is 143 cm³/mol. The van der Waals surface area contributed by atoms with E-state index in [0.717, 1.165) is 11.3 Å². The number of nitrogens with one attached hydrogen (secondary N) is 1. The van der Waals surface area contributed by atoms with Crippen LogP contribution in [0.3, 0.4) is 0 Å². The SMILES string of the molecule is Cc1cc(NC(=O)C(C)(C)Oc2ccc(Cl)cc2)n(-c2ncnc3c2cnn3-c2ccc(C)c(C)c2)n1. The van der Waals surface area contributed by atoms with Gasteiger partial charge in [-0.25, -0.2) is 14.6 Å². The zero-order chi connectivity index (χ0) is 26.3. The molecule has 0 unspecified atom stereocenters. The van der Waals surface area contributed by atoms with Crippen LogP contribution >= 0.6 is 11.6 Å². The van der Waals surface area contributed by atoms with Crippen LogP contribution in [0, 0.1) is 20.8 Å². The maximum Gasteiger partial charge on any atom is 0.269 e. The van der Waals surface area contributed by atoms with Crippen LogP contribution < -0.4 is 10.1 Å². The first-order valence-corrected chi connectivity index (χ1v) is 12.1. The molecule has 37 heavy (non-hydrogen) atoms. The van der Waals surface area contributed by atoms with Crippen molar-refractivity contribution in [2.45, 2.75) is 40.2 Å². The second-order valence-corrected chi connectivity index (χ2v) is 9.80. The lowest BCUT2D eigenvalue weighted by atomic mass is 10.1. The van der Waals surface area contributed by atoms with E-state index >= 15 is 0 Å². The highest BCUT2D eigenvalue weighted by molar-refractivity contribution is 6.30. The van der Waals surface area contributed by atoms with Crippen molar-refractivity contribution in [2.24, 2.45) is 0 Å². The van der Waals surface area contributed by atoms with Gasteiger partial charge in [-0.05, 0) is 82.1 Å². The van der Waals surface area contributed by atoms with Crippen LogP contribution in [0.4, 0.5) is 5.82 Å². The Labute approximate surface area is 219 Å². The fraction of sp³-hybridized carbons (Fsp3) is 0.222. The highest BCUT2D eigenvalue weighted by atomic mass is 35.5. The molecular weight excluding hydrogens is 490 g/mol. The van der Waals surface area contributed by atoms with Crippen LogP contribution in [0.1, 0.15) is 30.7 Å². The summed E-state index contributed by atoms with van der Waals surface area (Å²) in [5.41, 5.74) is 3.42. The number of anilines is 1. The zero-order valence-corrected chi connectivity index (χ0v) is 21.9. The Balaban J connectivity index is 1.48. The van der Waals surface area contributed by atoms with E-state index in [-0.39, 0.29) is 5.91 Å². The average molecular weight is 516 g/mol. The van der Waals surface area contributed by atoms with Crippen molar-refractivity contribution in [3.05, 3.63) is 82.9 Å². The maximum absolute atomic E-state index is 13.3. The number of aryl methyl sites for hydroxylation is 3. The van der Waals surface area contributed by atoms with Crippen molar-refractivity contribution in [2.75, 3.05) is 5.32 Å². The van der Waals surface area contributed by atoms with Crippen LogP contribution in [0.15, 0.2) is 61.1 Å². The molecule has 1 N–H and O–H groups in total. The number of carbonyl (C=O) groups is 1. The standard InChI is InChI=1S/C27H26ClN7O2/c1-16-6-9-20(12-17(16)2)34-24-22(14-31-34)25(30-15-29-24)35-23(13-18(3)33-35)32-26(36)27(4,5)37-21-10-7-19(28)8-11-21/h6-15H,1-5H3,(H,32,36). The third kappa shape index (κ3) is 4.77. The summed E-state index contributed by atoms with van der Waals surface area (Å²) < 4.78 is 9.30. The van der Waals surface area contributed by atoms with Crippen molar-refractivity contribution >= 4 is 34.4 Å². The minimum absolute atomic E-state index is 0.347. The molecule has 0 spiro atoms. The molecule has 0 fully saturated rings. The van der Waals surface area contributed by atoms with Crippen LogP contribution in [0.25, 0.3) is 22.5 Å². The number of fused-ring (bicyclic) bond motifs is 1. The number of nitrogens with zero attached hydrogens (tertiary/aromatic N) is 6. The van der Waals surface area contributed by atoms with Gasteiger partial charge in [-0.3, -0.25) is 4.79 Å². The monoisotopic (exact) mass is 515 g/mol. The number of halogens is 1. The first-order chi connectivity index (χ1) is 17.6. The largest absolute Gasteiger partial charge is 0.478 e. The van der Waals surface area contributed by atoms with Crippen molar-refractivity contribution in [3.8, 4) is 17.3 Å². The highest BCUT2D eigenvalue weighted by Gasteiger charge is 2.31. The van der Waals surface area contributed by atoms with Gasteiger partial charge in [0.05, 0.1) is 23.0 Å². The first-order valence-electron chi connectivity index (χ1n) is 11.7. The number of rotatable bonds is 6.